The van der Waals surface area contributed by atoms with Gasteiger partial charge in [-0.1, -0.05) is 13.8 Å². The maximum Gasteiger partial charge on any atom is 0.307 e. The molecule has 88 valence electrons. The summed E-state index contributed by atoms with van der Waals surface area (Å²) in [6.07, 6.45) is 0. The Morgan fingerprint density at radius 1 is 1.38 bits per heavy atom. The van der Waals surface area contributed by atoms with Crippen LogP contribution in [0.3, 0.4) is 0 Å². The quantitative estimate of drug-likeness (QED) is 0.829. The molecule has 2 unspecified atom stereocenters. The molecule has 0 saturated heterocycles. The monoisotopic (exact) mass is 246 g/mol. The first-order valence-corrected chi connectivity index (χ1v) is 5.64. The lowest BCUT2D eigenvalue weighted by Gasteiger charge is -2.15. The van der Waals surface area contributed by atoms with E-state index in [1.54, 1.807) is 6.92 Å². The van der Waals surface area contributed by atoms with Crippen LogP contribution in [0.25, 0.3) is 0 Å². The van der Waals surface area contributed by atoms with Crippen LogP contribution < -0.4 is 0 Å². The van der Waals surface area contributed by atoms with Crippen LogP contribution >= 0.6 is 11.8 Å². The van der Waals surface area contributed by atoms with Crippen molar-refractivity contribution in [1.29, 1.82) is 0 Å². The number of carboxylic acids is 1. The van der Waals surface area contributed by atoms with Crippen LogP contribution in [0.4, 0.5) is 8.78 Å². The number of aliphatic carboxylic acids is 1. The Balaban J connectivity index is 2.80. The standard InChI is InChI=1S/C11H12F2O2S/c1-6(11(14)15)7(2)16-10-5-8(12)3-4-9(10)13/h3-7H,1-2H3,(H,14,15). The largest absolute Gasteiger partial charge is 0.481 e. The molecule has 0 fully saturated rings. The predicted octanol–water partition coefficient (Wildman–Crippen LogP) is 3.17. The highest BCUT2D eigenvalue weighted by atomic mass is 32.2. The van der Waals surface area contributed by atoms with Crippen molar-refractivity contribution >= 4 is 17.7 Å². The molecule has 2 nitrogen and oxygen atoms in total. The van der Waals surface area contributed by atoms with Crippen LogP contribution in [-0.2, 0) is 4.79 Å². The highest BCUT2D eigenvalue weighted by molar-refractivity contribution is 8.00. The van der Waals surface area contributed by atoms with Gasteiger partial charge in [0.1, 0.15) is 11.6 Å². The van der Waals surface area contributed by atoms with Gasteiger partial charge in [-0.25, -0.2) is 8.78 Å². The Morgan fingerprint density at radius 2 is 2.00 bits per heavy atom. The van der Waals surface area contributed by atoms with Crippen LogP contribution in [0.2, 0.25) is 0 Å². The molecule has 0 aliphatic rings. The molecule has 5 heteroatoms. The van der Waals surface area contributed by atoms with Gasteiger partial charge in [0, 0.05) is 10.1 Å². The zero-order valence-electron chi connectivity index (χ0n) is 8.91. The smallest absolute Gasteiger partial charge is 0.307 e. The topological polar surface area (TPSA) is 37.3 Å². The van der Waals surface area contributed by atoms with E-state index in [0.717, 1.165) is 30.0 Å². The molecule has 0 aromatic heterocycles. The minimum absolute atomic E-state index is 0.139. The molecule has 1 rings (SSSR count). The number of rotatable bonds is 4. The third-order valence-corrected chi connectivity index (χ3v) is 3.65. The van der Waals surface area contributed by atoms with E-state index in [0.29, 0.717) is 0 Å². The summed E-state index contributed by atoms with van der Waals surface area (Å²) in [6, 6.07) is 3.14. The first kappa shape index (κ1) is 13.0. The zero-order chi connectivity index (χ0) is 12.3. The van der Waals surface area contributed by atoms with Crippen LogP contribution in [-0.4, -0.2) is 16.3 Å². The molecule has 0 aliphatic heterocycles. The van der Waals surface area contributed by atoms with Crippen molar-refractivity contribution in [3.05, 3.63) is 29.8 Å². The summed E-state index contributed by atoms with van der Waals surface area (Å²) in [6.45, 7) is 3.21. The lowest BCUT2D eigenvalue weighted by Crippen LogP contribution is -2.20. The second-order valence-corrected chi connectivity index (χ2v) is 4.94. The summed E-state index contributed by atoms with van der Waals surface area (Å²) in [7, 11) is 0. The van der Waals surface area contributed by atoms with Gasteiger partial charge < -0.3 is 5.11 Å². The Bertz CT molecular complexity index is 396. The molecule has 1 N–H and O–H groups in total. The first-order valence-electron chi connectivity index (χ1n) is 4.76. The molecule has 0 spiro atoms. The molecular weight excluding hydrogens is 234 g/mol. The molecule has 1 aromatic rings. The van der Waals surface area contributed by atoms with Gasteiger partial charge in [-0.15, -0.1) is 11.8 Å². The van der Waals surface area contributed by atoms with E-state index >= 15 is 0 Å². The van der Waals surface area contributed by atoms with Gasteiger partial charge in [-0.2, -0.15) is 0 Å². The molecule has 1 aromatic carbocycles. The van der Waals surface area contributed by atoms with Crippen molar-refractivity contribution in [1.82, 2.24) is 0 Å². The predicted molar refractivity (Wildman–Crippen MR) is 58.5 cm³/mol. The molecule has 2 atom stereocenters. The number of thioether (sulfide) groups is 1. The summed E-state index contributed by atoms with van der Waals surface area (Å²) in [5, 5.41) is 8.45. The molecule has 0 aliphatic carbocycles. The van der Waals surface area contributed by atoms with Gasteiger partial charge in [0.05, 0.1) is 5.92 Å². The number of hydrogen-bond donors (Lipinski definition) is 1. The zero-order valence-corrected chi connectivity index (χ0v) is 9.72. The Kier molecular flexibility index (Phi) is 4.29. The van der Waals surface area contributed by atoms with Crippen LogP contribution in [0, 0.1) is 17.6 Å². The number of hydrogen-bond acceptors (Lipinski definition) is 2. The average molecular weight is 246 g/mol. The van der Waals surface area contributed by atoms with Crippen LogP contribution in [0.5, 0.6) is 0 Å². The van der Waals surface area contributed by atoms with Crippen molar-refractivity contribution in [3.63, 3.8) is 0 Å². The van der Waals surface area contributed by atoms with E-state index in [1.165, 1.54) is 6.92 Å². The second kappa shape index (κ2) is 5.30. The maximum atomic E-state index is 13.3. The Morgan fingerprint density at radius 3 is 2.56 bits per heavy atom. The van der Waals surface area contributed by atoms with Crippen LogP contribution in [0.1, 0.15) is 13.8 Å². The fraction of sp³-hybridized carbons (Fsp3) is 0.364. The molecule has 0 amide bonds. The van der Waals surface area contributed by atoms with E-state index in [9.17, 15) is 13.6 Å². The number of carboxylic acid groups (broad SMARTS) is 1. The van der Waals surface area contributed by atoms with Crippen molar-refractivity contribution in [3.8, 4) is 0 Å². The van der Waals surface area contributed by atoms with E-state index in [2.05, 4.69) is 0 Å². The van der Waals surface area contributed by atoms with Crippen molar-refractivity contribution in [2.24, 2.45) is 5.92 Å². The van der Waals surface area contributed by atoms with Crippen LogP contribution in [0.15, 0.2) is 23.1 Å². The van der Waals surface area contributed by atoms with E-state index in [4.69, 9.17) is 5.11 Å². The molecule has 16 heavy (non-hydrogen) atoms. The van der Waals surface area contributed by atoms with Gasteiger partial charge in [0.2, 0.25) is 0 Å². The summed E-state index contributed by atoms with van der Waals surface area (Å²) >= 11 is 1.02. The van der Waals surface area contributed by atoms with Gasteiger partial charge in [-0.05, 0) is 18.2 Å². The first-order chi connectivity index (χ1) is 7.41. The number of halogens is 2. The normalized spacial score (nSPS) is 14.5. The fourth-order valence-corrected chi connectivity index (χ4v) is 2.15. The molecule has 0 saturated carbocycles. The average Bonchev–Trinajstić information content (AvgIpc) is 2.22. The fourth-order valence-electron chi connectivity index (χ4n) is 1.07. The SMILES string of the molecule is CC(Sc1cc(F)ccc1F)C(C)C(=O)O. The van der Waals surface area contributed by atoms with E-state index in [1.807, 2.05) is 0 Å². The summed E-state index contributed by atoms with van der Waals surface area (Å²) in [5.74, 6) is -2.63. The molecule has 0 radical (unpaired) electrons. The summed E-state index contributed by atoms with van der Waals surface area (Å²) in [5.41, 5.74) is 0. The minimum atomic E-state index is -0.947. The number of benzene rings is 1. The van der Waals surface area contributed by atoms with Crippen molar-refractivity contribution < 1.29 is 18.7 Å². The van der Waals surface area contributed by atoms with Crippen molar-refractivity contribution in [2.45, 2.75) is 24.0 Å². The summed E-state index contributed by atoms with van der Waals surface area (Å²) in [4.78, 5) is 10.8. The Hall–Kier alpha value is -1.10. The highest BCUT2D eigenvalue weighted by Crippen LogP contribution is 2.30. The van der Waals surface area contributed by atoms with Gasteiger partial charge >= 0.3 is 5.97 Å². The van der Waals surface area contributed by atoms with Gasteiger partial charge in [0.25, 0.3) is 0 Å². The third-order valence-electron chi connectivity index (χ3n) is 2.30. The Labute approximate surface area is 96.7 Å². The van der Waals surface area contributed by atoms with E-state index in [-0.39, 0.29) is 10.1 Å². The number of carbonyl (C=O) groups is 1. The molecule has 0 heterocycles. The lowest BCUT2D eigenvalue weighted by molar-refractivity contribution is -0.140. The molecular formula is C11H12F2O2S. The van der Waals surface area contributed by atoms with Gasteiger partial charge in [-0.3, -0.25) is 4.79 Å². The molecule has 0 bridgehead atoms. The maximum absolute atomic E-state index is 13.3. The van der Waals surface area contributed by atoms with Crippen molar-refractivity contribution in [2.75, 3.05) is 0 Å². The van der Waals surface area contributed by atoms with E-state index < -0.39 is 23.5 Å². The minimum Gasteiger partial charge on any atom is -0.481 e. The third kappa shape index (κ3) is 3.20. The highest BCUT2D eigenvalue weighted by Gasteiger charge is 2.21. The van der Waals surface area contributed by atoms with Gasteiger partial charge in [0.15, 0.2) is 0 Å². The summed E-state index contributed by atoms with van der Waals surface area (Å²) < 4.78 is 26.1. The lowest BCUT2D eigenvalue weighted by atomic mass is 10.1. The second-order valence-electron chi connectivity index (χ2n) is 3.52.